The van der Waals surface area contributed by atoms with Gasteiger partial charge in [-0.1, -0.05) is 0 Å². The molecule has 0 aromatic carbocycles. The van der Waals surface area contributed by atoms with Crippen LogP contribution in [0.25, 0.3) is 0 Å². The summed E-state index contributed by atoms with van der Waals surface area (Å²) in [4.78, 5) is 2.16. The monoisotopic (exact) mass is 233 g/mol. The minimum Gasteiger partial charge on any atom is -0.316 e. The van der Waals surface area contributed by atoms with Crippen LogP contribution in [0.3, 0.4) is 0 Å². The maximum atomic E-state index is 12.0. The molecule has 2 heterocycles. The quantitative estimate of drug-likeness (QED) is 0.664. The molecule has 88 valence electrons. The molecule has 0 radical (unpaired) electrons. The fourth-order valence-electron chi connectivity index (χ4n) is 1.94. The number of nitrogens with zero attached hydrogens (tertiary/aromatic N) is 2. The molecule has 0 aromatic heterocycles. The second-order valence-electron chi connectivity index (χ2n) is 4.51. The van der Waals surface area contributed by atoms with Crippen LogP contribution in [0.15, 0.2) is 0 Å². The zero-order valence-electron chi connectivity index (χ0n) is 9.15. The van der Waals surface area contributed by atoms with E-state index in [1.807, 2.05) is 7.05 Å². The van der Waals surface area contributed by atoms with E-state index in [1.165, 1.54) is 0 Å². The van der Waals surface area contributed by atoms with Gasteiger partial charge in [0.05, 0.1) is 5.75 Å². The number of piperazine rings is 1. The van der Waals surface area contributed by atoms with Gasteiger partial charge < -0.3 is 10.2 Å². The van der Waals surface area contributed by atoms with E-state index in [-0.39, 0.29) is 0 Å². The van der Waals surface area contributed by atoms with E-state index >= 15 is 0 Å². The third kappa shape index (κ3) is 2.69. The van der Waals surface area contributed by atoms with Gasteiger partial charge in [0.15, 0.2) is 0 Å². The zero-order valence-corrected chi connectivity index (χ0v) is 9.96. The highest BCUT2D eigenvalue weighted by molar-refractivity contribution is 7.89. The topological polar surface area (TPSA) is 52.7 Å². The lowest BCUT2D eigenvalue weighted by Gasteiger charge is -2.34. The molecule has 2 aliphatic rings. The highest BCUT2D eigenvalue weighted by atomic mass is 32.2. The molecule has 0 aliphatic carbocycles. The lowest BCUT2D eigenvalue weighted by atomic mass is 10.1. The van der Waals surface area contributed by atoms with Crippen LogP contribution in [0, 0.1) is 5.92 Å². The number of rotatable bonds is 3. The minimum atomic E-state index is -3.00. The number of hydrogen-bond acceptors (Lipinski definition) is 4. The third-order valence-electron chi connectivity index (χ3n) is 3.17. The maximum absolute atomic E-state index is 12.0. The van der Waals surface area contributed by atoms with E-state index in [0.29, 0.717) is 24.8 Å². The zero-order chi connectivity index (χ0) is 10.9. The van der Waals surface area contributed by atoms with Crippen LogP contribution in [-0.4, -0.2) is 69.7 Å². The molecule has 5 nitrogen and oxygen atoms in total. The van der Waals surface area contributed by atoms with Crippen LogP contribution in [0.4, 0.5) is 0 Å². The second-order valence-corrected chi connectivity index (χ2v) is 6.52. The van der Waals surface area contributed by atoms with Gasteiger partial charge in [-0.25, -0.2) is 8.42 Å². The van der Waals surface area contributed by atoms with Gasteiger partial charge >= 0.3 is 0 Å². The Balaban J connectivity index is 1.90. The van der Waals surface area contributed by atoms with E-state index in [4.69, 9.17) is 0 Å². The molecule has 2 saturated heterocycles. The van der Waals surface area contributed by atoms with Crippen molar-refractivity contribution in [3.05, 3.63) is 0 Å². The molecule has 0 atom stereocenters. The lowest BCUT2D eigenvalue weighted by Crippen LogP contribution is -2.52. The number of hydrogen-bond donors (Lipinski definition) is 1. The Morgan fingerprint density at radius 2 is 1.80 bits per heavy atom. The van der Waals surface area contributed by atoms with Crippen LogP contribution >= 0.6 is 0 Å². The first-order valence-corrected chi connectivity index (χ1v) is 7.06. The van der Waals surface area contributed by atoms with Gasteiger partial charge in [-0.2, -0.15) is 4.31 Å². The Labute approximate surface area is 91.5 Å². The summed E-state index contributed by atoms with van der Waals surface area (Å²) in [6.45, 7) is 4.71. The average Bonchev–Trinajstić information content (AvgIpc) is 2.13. The first-order chi connectivity index (χ1) is 7.08. The molecule has 0 amide bonds. The molecule has 15 heavy (non-hydrogen) atoms. The molecule has 0 spiro atoms. The molecule has 1 N–H and O–H groups in total. The van der Waals surface area contributed by atoms with Crippen molar-refractivity contribution in [2.45, 2.75) is 0 Å². The van der Waals surface area contributed by atoms with Gasteiger partial charge in [-0.05, 0) is 13.0 Å². The molecule has 0 aromatic rings. The Hall–Kier alpha value is -0.170. The smallest absolute Gasteiger partial charge is 0.214 e. The summed E-state index contributed by atoms with van der Waals surface area (Å²) < 4.78 is 25.6. The first-order valence-electron chi connectivity index (χ1n) is 5.45. The van der Waals surface area contributed by atoms with Crippen LogP contribution in [0.2, 0.25) is 0 Å². The van der Waals surface area contributed by atoms with E-state index < -0.39 is 10.0 Å². The minimum absolute atomic E-state index is 0.323. The normalized spacial score (nSPS) is 26.5. The van der Waals surface area contributed by atoms with Crippen molar-refractivity contribution >= 4 is 10.0 Å². The summed E-state index contributed by atoms with van der Waals surface area (Å²) in [5.74, 6) is 0.652. The highest BCUT2D eigenvalue weighted by Gasteiger charge is 2.30. The van der Waals surface area contributed by atoms with Crippen molar-refractivity contribution in [1.82, 2.24) is 14.5 Å². The van der Waals surface area contributed by atoms with Crippen molar-refractivity contribution in [3.63, 3.8) is 0 Å². The van der Waals surface area contributed by atoms with Gasteiger partial charge in [-0.15, -0.1) is 0 Å². The predicted octanol–water partition coefficient (Wildman–Crippen LogP) is -1.22. The average molecular weight is 233 g/mol. The van der Waals surface area contributed by atoms with Crippen LogP contribution < -0.4 is 5.32 Å². The number of sulfonamides is 1. The van der Waals surface area contributed by atoms with Gasteiger partial charge in [0.1, 0.15) is 0 Å². The first kappa shape index (κ1) is 11.3. The number of likely N-dealkylation sites (N-methyl/N-ethyl adjacent to an activating group) is 1. The van der Waals surface area contributed by atoms with Crippen molar-refractivity contribution < 1.29 is 8.42 Å². The van der Waals surface area contributed by atoms with Crippen molar-refractivity contribution in [1.29, 1.82) is 0 Å². The van der Waals surface area contributed by atoms with Crippen molar-refractivity contribution in [2.24, 2.45) is 5.92 Å². The molecule has 0 unspecified atom stereocenters. The predicted molar refractivity (Wildman–Crippen MR) is 59.2 cm³/mol. The molecular weight excluding hydrogens is 214 g/mol. The van der Waals surface area contributed by atoms with Crippen LogP contribution in [0.1, 0.15) is 0 Å². The second kappa shape index (κ2) is 4.37. The fourth-order valence-corrected chi connectivity index (χ4v) is 3.70. The van der Waals surface area contributed by atoms with Crippen LogP contribution in [-0.2, 0) is 10.0 Å². The largest absolute Gasteiger partial charge is 0.316 e. The van der Waals surface area contributed by atoms with E-state index in [1.54, 1.807) is 4.31 Å². The standard InChI is InChI=1S/C9H19N3O2S/c1-11-2-4-12(5-3-11)15(13,14)8-9-6-10-7-9/h9-10H,2-8H2,1H3. The summed E-state index contributed by atoms with van der Waals surface area (Å²) in [7, 11) is -0.973. The summed E-state index contributed by atoms with van der Waals surface area (Å²) in [5, 5.41) is 3.10. The van der Waals surface area contributed by atoms with Gasteiger partial charge in [0, 0.05) is 39.3 Å². The summed E-state index contributed by atoms with van der Waals surface area (Å²) in [6.07, 6.45) is 0. The molecule has 2 fully saturated rings. The highest BCUT2D eigenvalue weighted by Crippen LogP contribution is 2.13. The number of nitrogens with one attached hydrogen (secondary N) is 1. The third-order valence-corrected chi connectivity index (χ3v) is 5.21. The van der Waals surface area contributed by atoms with Gasteiger partial charge in [0.25, 0.3) is 0 Å². The Kier molecular flexibility index (Phi) is 3.30. The molecule has 2 rings (SSSR count). The van der Waals surface area contributed by atoms with Crippen molar-refractivity contribution in [3.8, 4) is 0 Å². The molecule has 2 aliphatic heterocycles. The molecule has 0 saturated carbocycles. The molecule has 0 bridgehead atoms. The van der Waals surface area contributed by atoms with E-state index in [9.17, 15) is 8.42 Å². The van der Waals surface area contributed by atoms with E-state index in [2.05, 4.69) is 10.2 Å². The Morgan fingerprint density at radius 3 is 2.27 bits per heavy atom. The maximum Gasteiger partial charge on any atom is 0.214 e. The van der Waals surface area contributed by atoms with Gasteiger partial charge in [-0.3, -0.25) is 0 Å². The summed E-state index contributed by atoms with van der Waals surface area (Å²) >= 11 is 0. The Morgan fingerprint density at radius 1 is 1.20 bits per heavy atom. The van der Waals surface area contributed by atoms with Crippen LogP contribution in [0.5, 0.6) is 0 Å². The fraction of sp³-hybridized carbons (Fsp3) is 1.00. The van der Waals surface area contributed by atoms with Crippen molar-refractivity contribution in [2.75, 3.05) is 52.1 Å². The van der Waals surface area contributed by atoms with Gasteiger partial charge in [0.2, 0.25) is 10.0 Å². The summed E-state index contributed by atoms with van der Waals surface area (Å²) in [6, 6.07) is 0. The lowest BCUT2D eigenvalue weighted by molar-refractivity contribution is 0.220. The molecule has 6 heteroatoms. The summed E-state index contributed by atoms with van der Waals surface area (Å²) in [5.41, 5.74) is 0. The SMILES string of the molecule is CN1CCN(S(=O)(=O)CC2CNC2)CC1. The van der Waals surface area contributed by atoms with E-state index in [0.717, 1.165) is 26.2 Å². The Bertz CT molecular complexity index is 305. The molecular formula is C9H19N3O2S.